The van der Waals surface area contributed by atoms with E-state index in [4.69, 9.17) is 9.68 Å². The molecule has 0 aliphatic carbocycles. The molecule has 0 radical (unpaired) electrons. The number of nitrogens with one attached hydrogen (secondary N) is 2. The number of carbonyl (C=O) groups excluding carboxylic acids is 2. The third-order valence-electron chi connectivity index (χ3n) is 3.18. The van der Waals surface area contributed by atoms with Gasteiger partial charge in [-0.15, -0.1) is 0 Å². The smallest absolute Gasteiger partial charge is 0.270 e. The fraction of sp³-hybridized carbons (Fsp3) is 0.286. The number of hydrogen-bond donors (Lipinski definition) is 2. The van der Waals surface area contributed by atoms with Gasteiger partial charge in [-0.3, -0.25) is 29.2 Å². The number of carbonyl (C=O) groups is 2. The summed E-state index contributed by atoms with van der Waals surface area (Å²) in [5, 5.41) is 0. The van der Waals surface area contributed by atoms with Crippen molar-refractivity contribution in [2.75, 3.05) is 13.2 Å². The van der Waals surface area contributed by atoms with Crippen LogP contribution in [0, 0.1) is 0 Å². The van der Waals surface area contributed by atoms with Crippen LogP contribution in [0.25, 0.3) is 0 Å². The summed E-state index contributed by atoms with van der Waals surface area (Å²) in [4.78, 5) is 40.5. The maximum atomic E-state index is 11.3. The van der Waals surface area contributed by atoms with Crippen LogP contribution >= 0.6 is 0 Å². The third kappa shape index (κ3) is 3.35. The number of hydroxylamine groups is 2. The first-order valence-corrected chi connectivity index (χ1v) is 6.72. The van der Waals surface area contributed by atoms with Gasteiger partial charge in [-0.25, -0.2) is 11.0 Å². The zero-order valence-corrected chi connectivity index (χ0v) is 11.6. The van der Waals surface area contributed by atoms with Crippen molar-refractivity contribution in [2.45, 2.75) is 12.1 Å². The summed E-state index contributed by atoms with van der Waals surface area (Å²) < 4.78 is 0. The summed E-state index contributed by atoms with van der Waals surface area (Å²) in [6.07, 6.45) is 3.25. The maximum absolute atomic E-state index is 11.3. The van der Waals surface area contributed by atoms with Gasteiger partial charge in [-0.2, -0.15) is 0 Å². The molecule has 114 valence electrons. The number of amides is 2. The van der Waals surface area contributed by atoms with Crippen LogP contribution < -0.4 is 11.0 Å². The monoisotopic (exact) mass is 302 g/mol. The van der Waals surface area contributed by atoms with Gasteiger partial charge in [0.05, 0.1) is 0 Å². The van der Waals surface area contributed by atoms with Crippen molar-refractivity contribution in [3.05, 3.63) is 35.4 Å². The molecular weight excluding hydrogens is 288 g/mol. The molecule has 1 aromatic rings. The van der Waals surface area contributed by atoms with Crippen molar-refractivity contribution < 1.29 is 19.3 Å². The molecule has 2 atom stereocenters. The summed E-state index contributed by atoms with van der Waals surface area (Å²) in [7, 11) is 0. The van der Waals surface area contributed by atoms with E-state index in [0.717, 1.165) is 11.1 Å². The minimum absolute atomic E-state index is 0.239. The maximum Gasteiger partial charge on any atom is 0.270 e. The van der Waals surface area contributed by atoms with Crippen LogP contribution in [0.4, 0.5) is 0 Å². The van der Waals surface area contributed by atoms with Crippen LogP contribution in [-0.2, 0) is 19.3 Å². The highest BCUT2D eigenvalue weighted by Crippen LogP contribution is 2.05. The molecule has 1 aromatic carbocycles. The highest BCUT2D eigenvalue weighted by atomic mass is 16.7. The van der Waals surface area contributed by atoms with Crippen molar-refractivity contribution in [3.63, 3.8) is 0 Å². The Morgan fingerprint density at radius 1 is 0.864 bits per heavy atom. The van der Waals surface area contributed by atoms with E-state index in [0.29, 0.717) is 0 Å². The Bertz CT molecular complexity index is 571. The summed E-state index contributed by atoms with van der Waals surface area (Å²) in [6.45, 7) is 0.483. The van der Waals surface area contributed by atoms with E-state index in [1.54, 1.807) is 12.4 Å². The second kappa shape index (κ2) is 6.46. The molecule has 0 aromatic heterocycles. The molecular formula is C14H14N4O4. The number of aliphatic imine (C=N–C) groups is 2. The summed E-state index contributed by atoms with van der Waals surface area (Å²) in [5.74, 6) is -0.478. The van der Waals surface area contributed by atoms with Gasteiger partial charge in [0.1, 0.15) is 13.2 Å². The molecule has 22 heavy (non-hydrogen) atoms. The molecule has 8 nitrogen and oxygen atoms in total. The van der Waals surface area contributed by atoms with E-state index in [1.807, 2.05) is 24.3 Å². The SMILES string of the molecule is O=C1NOCC1N=Cc1ccc(C=NC2CONC2=O)cc1. The zero-order valence-electron chi connectivity index (χ0n) is 11.6. The van der Waals surface area contributed by atoms with Crippen LogP contribution in [-0.4, -0.2) is 49.5 Å². The fourth-order valence-corrected chi connectivity index (χ4v) is 1.91. The standard InChI is InChI=1S/C14H14N4O4/c19-13-11(7-21-17-13)15-5-9-1-2-10(4-3-9)6-16-12-8-22-18-14(12)20/h1-6,11-12H,7-8H2,(H,17,19)(H,18,20). The van der Waals surface area contributed by atoms with E-state index in [2.05, 4.69) is 20.9 Å². The zero-order chi connectivity index (χ0) is 15.4. The first kappa shape index (κ1) is 14.4. The second-order valence-corrected chi connectivity index (χ2v) is 4.81. The second-order valence-electron chi connectivity index (χ2n) is 4.81. The minimum Gasteiger partial charge on any atom is -0.277 e. The predicted octanol–water partition coefficient (Wildman–Crippen LogP) is -0.616. The lowest BCUT2D eigenvalue weighted by Gasteiger charge is -1.99. The van der Waals surface area contributed by atoms with Crippen molar-refractivity contribution in [2.24, 2.45) is 9.98 Å². The number of benzene rings is 1. The Labute approximate surface area is 126 Å². The van der Waals surface area contributed by atoms with Crippen LogP contribution in [0.15, 0.2) is 34.3 Å². The molecule has 2 aliphatic heterocycles. The van der Waals surface area contributed by atoms with E-state index < -0.39 is 12.1 Å². The number of nitrogens with zero attached hydrogens (tertiary/aromatic N) is 2. The largest absolute Gasteiger partial charge is 0.277 e. The van der Waals surface area contributed by atoms with E-state index >= 15 is 0 Å². The van der Waals surface area contributed by atoms with Gasteiger partial charge in [0, 0.05) is 12.4 Å². The quantitative estimate of drug-likeness (QED) is 0.724. The van der Waals surface area contributed by atoms with Gasteiger partial charge in [-0.1, -0.05) is 24.3 Å². The summed E-state index contributed by atoms with van der Waals surface area (Å²) in [6, 6.07) is 6.41. The Morgan fingerprint density at radius 3 is 1.59 bits per heavy atom. The Hall–Kier alpha value is -2.58. The summed E-state index contributed by atoms with van der Waals surface area (Å²) >= 11 is 0. The topological polar surface area (TPSA) is 101 Å². The summed E-state index contributed by atoms with van der Waals surface area (Å²) in [5.41, 5.74) is 6.22. The van der Waals surface area contributed by atoms with Crippen molar-refractivity contribution in [1.29, 1.82) is 0 Å². The minimum atomic E-state index is -0.498. The first-order valence-electron chi connectivity index (χ1n) is 6.72. The highest BCUT2D eigenvalue weighted by molar-refractivity contribution is 5.89. The van der Waals surface area contributed by atoms with E-state index in [-0.39, 0.29) is 25.0 Å². The van der Waals surface area contributed by atoms with Gasteiger partial charge in [0.15, 0.2) is 12.1 Å². The van der Waals surface area contributed by atoms with Crippen molar-refractivity contribution in [1.82, 2.24) is 11.0 Å². The lowest BCUT2D eigenvalue weighted by atomic mass is 10.1. The lowest BCUT2D eigenvalue weighted by molar-refractivity contribution is -0.125. The Kier molecular flexibility index (Phi) is 4.22. The molecule has 3 rings (SSSR count). The van der Waals surface area contributed by atoms with Gasteiger partial charge < -0.3 is 0 Å². The van der Waals surface area contributed by atoms with Crippen molar-refractivity contribution in [3.8, 4) is 0 Å². The molecule has 0 saturated carbocycles. The molecule has 2 aliphatic rings. The van der Waals surface area contributed by atoms with Crippen LogP contribution in [0.2, 0.25) is 0 Å². The fourth-order valence-electron chi connectivity index (χ4n) is 1.91. The average Bonchev–Trinajstić information content (AvgIpc) is 3.12. The van der Waals surface area contributed by atoms with Crippen LogP contribution in [0.5, 0.6) is 0 Å². The molecule has 0 spiro atoms. The molecule has 2 unspecified atom stereocenters. The third-order valence-corrected chi connectivity index (χ3v) is 3.18. The Balaban J connectivity index is 1.60. The lowest BCUT2D eigenvalue weighted by Crippen LogP contribution is -2.21. The van der Waals surface area contributed by atoms with Gasteiger partial charge in [0.25, 0.3) is 11.8 Å². The first-order chi connectivity index (χ1) is 10.7. The molecule has 0 bridgehead atoms. The molecule has 2 heterocycles. The molecule has 8 heteroatoms. The molecule has 2 N–H and O–H groups in total. The molecule has 2 saturated heterocycles. The Morgan fingerprint density at radius 2 is 1.27 bits per heavy atom. The van der Waals surface area contributed by atoms with E-state index in [9.17, 15) is 9.59 Å². The van der Waals surface area contributed by atoms with Gasteiger partial charge in [0.2, 0.25) is 0 Å². The van der Waals surface area contributed by atoms with Crippen LogP contribution in [0.1, 0.15) is 11.1 Å². The average molecular weight is 302 g/mol. The van der Waals surface area contributed by atoms with Gasteiger partial charge in [-0.05, 0) is 11.1 Å². The molecule has 2 fully saturated rings. The van der Waals surface area contributed by atoms with Gasteiger partial charge >= 0.3 is 0 Å². The number of hydrogen-bond acceptors (Lipinski definition) is 6. The van der Waals surface area contributed by atoms with Crippen molar-refractivity contribution >= 4 is 24.2 Å². The van der Waals surface area contributed by atoms with E-state index in [1.165, 1.54) is 0 Å². The highest BCUT2D eigenvalue weighted by Gasteiger charge is 2.24. The normalized spacial score (nSPS) is 25.1. The number of rotatable bonds is 4. The van der Waals surface area contributed by atoms with Crippen LogP contribution in [0.3, 0.4) is 0 Å². The predicted molar refractivity (Wildman–Crippen MR) is 77.4 cm³/mol. The molecule has 2 amide bonds.